The van der Waals surface area contributed by atoms with Crippen molar-refractivity contribution in [2.75, 3.05) is 0 Å². The van der Waals surface area contributed by atoms with E-state index < -0.39 is 0 Å². The monoisotopic (exact) mass is 458 g/mol. The molecule has 146 valence electrons. The van der Waals surface area contributed by atoms with Crippen LogP contribution in [0.3, 0.4) is 0 Å². The summed E-state index contributed by atoms with van der Waals surface area (Å²) in [7, 11) is 0. The van der Waals surface area contributed by atoms with Crippen LogP contribution in [0.25, 0.3) is 54.6 Å². The summed E-state index contributed by atoms with van der Waals surface area (Å²) in [5, 5.41) is 7.65. The fraction of sp³-hybridized carbons (Fsp3) is 0. The van der Waals surface area contributed by atoms with E-state index in [1.165, 1.54) is 54.6 Å². The van der Waals surface area contributed by atoms with Gasteiger partial charge in [-0.1, -0.05) is 113 Å². The number of halogens is 1. The Hall–Kier alpha value is -3.42. The van der Waals surface area contributed by atoms with Gasteiger partial charge in [-0.25, -0.2) is 0 Å². The summed E-state index contributed by atoms with van der Waals surface area (Å²) in [5.74, 6) is 0. The first-order valence-corrected chi connectivity index (χ1v) is 11.3. The number of fused-ring (bicyclic) bond motifs is 3. The highest BCUT2D eigenvalue weighted by atomic mass is 79.9. The number of rotatable bonds is 2. The fourth-order valence-electron chi connectivity index (χ4n) is 4.73. The van der Waals surface area contributed by atoms with Crippen LogP contribution in [0.1, 0.15) is 0 Å². The molecule has 0 aliphatic heterocycles. The van der Waals surface area contributed by atoms with Crippen molar-refractivity contribution in [3.8, 4) is 22.3 Å². The standard InChI is InChI=1S/C30H19Br/c31-24-17-16-21-18-23(15-14-22(21)19-24)30-27-12-6-4-10-25(27)29(20-8-2-1-3-9-20)26-11-5-7-13-28(26)30/h1-19H. The van der Waals surface area contributed by atoms with Crippen LogP contribution >= 0.6 is 15.9 Å². The van der Waals surface area contributed by atoms with E-state index in [1.807, 2.05) is 0 Å². The smallest absolute Gasteiger partial charge is 0.0181 e. The molecule has 0 N–H and O–H groups in total. The summed E-state index contributed by atoms with van der Waals surface area (Å²) in [6, 6.07) is 41.6. The van der Waals surface area contributed by atoms with E-state index in [0.717, 1.165) is 4.47 Å². The van der Waals surface area contributed by atoms with Crippen molar-refractivity contribution in [1.29, 1.82) is 0 Å². The maximum atomic E-state index is 3.59. The molecule has 0 aromatic heterocycles. The molecule has 1 heteroatoms. The first kappa shape index (κ1) is 18.4. The van der Waals surface area contributed by atoms with Crippen molar-refractivity contribution in [1.82, 2.24) is 0 Å². The van der Waals surface area contributed by atoms with E-state index in [1.54, 1.807) is 0 Å². The van der Waals surface area contributed by atoms with Gasteiger partial charge in [0.25, 0.3) is 0 Å². The normalized spacial score (nSPS) is 11.4. The third-order valence-corrected chi connectivity index (χ3v) is 6.58. The maximum Gasteiger partial charge on any atom is 0.0181 e. The van der Waals surface area contributed by atoms with Crippen molar-refractivity contribution < 1.29 is 0 Å². The predicted molar refractivity (Wildman–Crippen MR) is 138 cm³/mol. The van der Waals surface area contributed by atoms with Crippen LogP contribution in [0.5, 0.6) is 0 Å². The molecule has 0 aliphatic carbocycles. The highest BCUT2D eigenvalue weighted by Crippen LogP contribution is 2.43. The lowest BCUT2D eigenvalue weighted by Crippen LogP contribution is -1.90. The number of benzene rings is 6. The zero-order valence-corrected chi connectivity index (χ0v) is 18.4. The van der Waals surface area contributed by atoms with Gasteiger partial charge in [0.05, 0.1) is 0 Å². The van der Waals surface area contributed by atoms with Gasteiger partial charge in [-0.15, -0.1) is 0 Å². The molecule has 0 unspecified atom stereocenters. The molecule has 0 nitrogen and oxygen atoms in total. The number of hydrogen-bond donors (Lipinski definition) is 0. The lowest BCUT2D eigenvalue weighted by Gasteiger charge is -2.18. The van der Waals surface area contributed by atoms with Gasteiger partial charge in [0.15, 0.2) is 0 Å². The summed E-state index contributed by atoms with van der Waals surface area (Å²) in [5.41, 5.74) is 5.11. The Morgan fingerprint density at radius 1 is 0.387 bits per heavy atom. The zero-order chi connectivity index (χ0) is 20.8. The van der Waals surface area contributed by atoms with Crippen LogP contribution in [0, 0.1) is 0 Å². The molecule has 0 heterocycles. The Morgan fingerprint density at radius 2 is 0.871 bits per heavy atom. The van der Waals surface area contributed by atoms with Crippen molar-refractivity contribution in [2.45, 2.75) is 0 Å². The Kier molecular flexibility index (Phi) is 4.36. The topological polar surface area (TPSA) is 0 Å². The average Bonchev–Trinajstić information content (AvgIpc) is 2.82. The molecule has 0 saturated heterocycles. The fourth-order valence-corrected chi connectivity index (χ4v) is 5.11. The summed E-state index contributed by atoms with van der Waals surface area (Å²) in [4.78, 5) is 0. The van der Waals surface area contributed by atoms with Crippen LogP contribution in [-0.2, 0) is 0 Å². The van der Waals surface area contributed by atoms with Gasteiger partial charge >= 0.3 is 0 Å². The van der Waals surface area contributed by atoms with Gasteiger partial charge in [-0.3, -0.25) is 0 Å². The van der Waals surface area contributed by atoms with Crippen molar-refractivity contribution >= 4 is 48.2 Å². The first-order valence-electron chi connectivity index (χ1n) is 10.5. The van der Waals surface area contributed by atoms with Crippen LogP contribution in [0.4, 0.5) is 0 Å². The van der Waals surface area contributed by atoms with Gasteiger partial charge in [0, 0.05) is 4.47 Å². The van der Waals surface area contributed by atoms with Crippen molar-refractivity contribution in [3.05, 3.63) is 120 Å². The Bertz CT molecular complexity index is 1520. The summed E-state index contributed by atoms with van der Waals surface area (Å²) in [6.45, 7) is 0. The number of hydrogen-bond acceptors (Lipinski definition) is 0. The van der Waals surface area contributed by atoms with Gasteiger partial charge in [0.1, 0.15) is 0 Å². The third-order valence-electron chi connectivity index (χ3n) is 6.08. The quantitative estimate of drug-likeness (QED) is 0.226. The lowest BCUT2D eigenvalue weighted by molar-refractivity contribution is 1.66. The van der Waals surface area contributed by atoms with E-state index in [0.29, 0.717) is 0 Å². The lowest BCUT2D eigenvalue weighted by atomic mass is 9.85. The molecule has 0 bridgehead atoms. The first-order chi connectivity index (χ1) is 15.3. The zero-order valence-electron chi connectivity index (χ0n) is 16.8. The molecule has 0 atom stereocenters. The molecule has 0 amide bonds. The minimum absolute atomic E-state index is 1.11. The highest BCUT2D eigenvalue weighted by molar-refractivity contribution is 9.10. The van der Waals surface area contributed by atoms with Crippen LogP contribution in [-0.4, -0.2) is 0 Å². The molecule has 31 heavy (non-hydrogen) atoms. The predicted octanol–water partition coefficient (Wildman–Crippen LogP) is 9.24. The van der Waals surface area contributed by atoms with Crippen LogP contribution in [0.2, 0.25) is 0 Å². The molecular weight excluding hydrogens is 440 g/mol. The second-order valence-corrected chi connectivity index (χ2v) is 8.83. The SMILES string of the molecule is Brc1ccc2cc(-c3c4ccccc4c(-c4ccccc4)c4ccccc34)ccc2c1. The van der Waals surface area contributed by atoms with Crippen LogP contribution < -0.4 is 0 Å². The van der Waals surface area contributed by atoms with Crippen LogP contribution in [0.15, 0.2) is 120 Å². The largest absolute Gasteiger partial charge is 0.0622 e. The molecule has 0 spiro atoms. The minimum Gasteiger partial charge on any atom is -0.0622 e. The van der Waals surface area contributed by atoms with Gasteiger partial charge in [0.2, 0.25) is 0 Å². The van der Waals surface area contributed by atoms with E-state index >= 15 is 0 Å². The van der Waals surface area contributed by atoms with Crippen molar-refractivity contribution in [2.24, 2.45) is 0 Å². The summed E-state index contributed by atoms with van der Waals surface area (Å²) >= 11 is 3.59. The molecule has 6 rings (SSSR count). The van der Waals surface area contributed by atoms with Gasteiger partial charge in [-0.05, 0) is 72.8 Å². The molecule has 0 saturated carbocycles. The van der Waals surface area contributed by atoms with E-state index in [9.17, 15) is 0 Å². The van der Waals surface area contributed by atoms with Crippen molar-refractivity contribution in [3.63, 3.8) is 0 Å². The van der Waals surface area contributed by atoms with E-state index in [-0.39, 0.29) is 0 Å². The maximum absolute atomic E-state index is 3.59. The summed E-state index contributed by atoms with van der Waals surface area (Å²) < 4.78 is 1.11. The molecule has 6 aromatic rings. The molecular formula is C30H19Br. The minimum atomic E-state index is 1.11. The average molecular weight is 459 g/mol. The molecule has 0 fully saturated rings. The Morgan fingerprint density at radius 3 is 1.48 bits per heavy atom. The Labute approximate surface area is 189 Å². The Balaban J connectivity index is 1.76. The second kappa shape index (κ2) is 7.37. The van der Waals surface area contributed by atoms with Gasteiger partial charge < -0.3 is 0 Å². The highest BCUT2D eigenvalue weighted by Gasteiger charge is 2.16. The molecule has 0 aliphatic rings. The van der Waals surface area contributed by atoms with Gasteiger partial charge in [-0.2, -0.15) is 0 Å². The summed E-state index contributed by atoms with van der Waals surface area (Å²) in [6.07, 6.45) is 0. The van der Waals surface area contributed by atoms with E-state index in [4.69, 9.17) is 0 Å². The molecule has 0 radical (unpaired) electrons. The van der Waals surface area contributed by atoms with E-state index in [2.05, 4.69) is 131 Å². The third kappa shape index (κ3) is 3.05. The molecule has 6 aromatic carbocycles. The second-order valence-electron chi connectivity index (χ2n) is 7.91.